The summed E-state index contributed by atoms with van der Waals surface area (Å²) >= 11 is 6.45. The fourth-order valence-electron chi connectivity index (χ4n) is 2.42. The maximum atomic E-state index is 6.45. The van der Waals surface area contributed by atoms with Gasteiger partial charge in [-0.3, -0.25) is 9.99 Å². The summed E-state index contributed by atoms with van der Waals surface area (Å²) in [6.07, 6.45) is 4.64. The second kappa shape index (κ2) is 5.55. The molecule has 1 aromatic carbocycles. The van der Waals surface area contributed by atoms with Crippen molar-refractivity contribution in [1.82, 2.24) is 9.66 Å². The molecule has 0 saturated heterocycles. The lowest BCUT2D eigenvalue weighted by atomic mass is 10.2. The van der Waals surface area contributed by atoms with Crippen molar-refractivity contribution in [2.75, 3.05) is 11.6 Å². The second-order valence-electron chi connectivity index (χ2n) is 4.67. The lowest BCUT2D eigenvalue weighted by Crippen LogP contribution is -2.30. The topological polar surface area (TPSA) is 21.1 Å². The molecule has 20 heavy (non-hydrogen) atoms. The lowest BCUT2D eigenvalue weighted by molar-refractivity contribution is 0.696. The molecule has 0 N–H and O–H groups in total. The Morgan fingerprint density at radius 2 is 1.90 bits per heavy atom. The molecule has 3 rings (SSSR count). The Balaban J connectivity index is 2.17. The average Bonchev–Trinajstić information content (AvgIpc) is 2.82. The van der Waals surface area contributed by atoms with Gasteiger partial charge in [0, 0.05) is 24.3 Å². The van der Waals surface area contributed by atoms with E-state index in [0.717, 1.165) is 34.7 Å². The van der Waals surface area contributed by atoms with Crippen LogP contribution in [0.3, 0.4) is 0 Å². The van der Waals surface area contributed by atoms with Crippen LogP contribution < -0.4 is 5.01 Å². The van der Waals surface area contributed by atoms with Crippen molar-refractivity contribution in [2.45, 2.75) is 13.3 Å². The van der Waals surface area contributed by atoms with Crippen LogP contribution in [0.15, 0.2) is 54.9 Å². The molecule has 0 saturated carbocycles. The summed E-state index contributed by atoms with van der Waals surface area (Å²) in [4.78, 5) is 4.09. The standard InChI is InChI=1S/C16H16ClN3/c1-2-11-19(14-7-9-18-10-8-14)20-15-6-4-3-5-13(15)12-16(20)17/h3-10,12H,2,11H2,1H3. The largest absolute Gasteiger partial charge is 0.280 e. The van der Waals surface area contributed by atoms with Crippen molar-refractivity contribution in [3.05, 3.63) is 60.0 Å². The molecule has 0 aliphatic carbocycles. The monoisotopic (exact) mass is 285 g/mol. The zero-order chi connectivity index (χ0) is 13.9. The number of aromatic nitrogens is 2. The van der Waals surface area contributed by atoms with Crippen molar-refractivity contribution in [1.29, 1.82) is 0 Å². The van der Waals surface area contributed by atoms with Crippen LogP contribution in [0.4, 0.5) is 5.69 Å². The Morgan fingerprint density at radius 3 is 2.65 bits per heavy atom. The van der Waals surface area contributed by atoms with Crippen LogP contribution in [0.2, 0.25) is 5.15 Å². The first-order valence-electron chi connectivity index (χ1n) is 6.75. The van der Waals surface area contributed by atoms with E-state index in [-0.39, 0.29) is 0 Å². The number of nitrogens with zero attached hydrogens (tertiary/aromatic N) is 3. The number of hydrogen-bond donors (Lipinski definition) is 0. The van der Waals surface area contributed by atoms with Gasteiger partial charge < -0.3 is 0 Å². The molecule has 0 aliphatic heterocycles. The summed E-state index contributed by atoms with van der Waals surface area (Å²) in [6, 6.07) is 14.2. The van der Waals surface area contributed by atoms with E-state index in [9.17, 15) is 0 Å². The van der Waals surface area contributed by atoms with Gasteiger partial charge in [0.25, 0.3) is 0 Å². The Kier molecular flexibility index (Phi) is 3.61. The van der Waals surface area contributed by atoms with Crippen LogP contribution in [-0.4, -0.2) is 16.2 Å². The van der Waals surface area contributed by atoms with Gasteiger partial charge in [0.1, 0.15) is 5.15 Å². The van der Waals surface area contributed by atoms with Crippen LogP contribution in [0.25, 0.3) is 10.9 Å². The summed E-state index contributed by atoms with van der Waals surface area (Å²) < 4.78 is 2.07. The molecule has 4 heteroatoms. The van der Waals surface area contributed by atoms with Gasteiger partial charge >= 0.3 is 0 Å². The fraction of sp³-hybridized carbons (Fsp3) is 0.188. The van der Waals surface area contributed by atoms with E-state index in [4.69, 9.17) is 11.6 Å². The molecule has 0 bridgehead atoms. The molecular formula is C16H16ClN3. The summed E-state index contributed by atoms with van der Waals surface area (Å²) in [7, 11) is 0. The highest BCUT2D eigenvalue weighted by Gasteiger charge is 2.14. The molecular weight excluding hydrogens is 270 g/mol. The van der Waals surface area contributed by atoms with Gasteiger partial charge in [0.05, 0.1) is 11.2 Å². The zero-order valence-electron chi connectivity index (χ0n) is 11.3. The molecule has 2 heterocycles. The van der Waals surface area contributed by atoms with Crippen LogP contribution in [0.5, 0.6) is 0 Å². The summed E-state index contributed by atoms with van der Waals surface area (Å²) in [6.45, 7) is 3.05. The van der Waals surface area contributed by atoms with Crippen LogP contribution in [0, 0.1) is 0 Å². The minimum Gasteiger partial charge on any atom is -0.280 e. The number of benzene rings is 1. The smallest absolute Gasteiger partial charge is 0.129 e. The van der Waals surface area contributed by atoms with E-state index < -0.39 is 0 Å². The molecule has 0 aliphatic rings. The van der Waals surface area contributed by atoms with E-state index in [2.05, 4.69) is 33.7 Å². The molecule has 102 valence electrons. The van der Waals surface area contributed by atoms with Crippen molar-refractivity contribution in [3.8, 4) is 0 Å². The second-order valence-corrected chi connectivity index (χ2v) is 5.05. The van der Waals surface area contributed by atoms with Crippen molar-refractivity contribution in [2.24, 2.45) is 0 Å². The maximum absolute atomic E-state index is 6.45. The number of hydrogen-bond acceptors (Lipinski definition) is 2. The van der Waals surface area contributed by atoms with Crippen LogP contribution >= 0.6 is 11.6 Å². The highest BCUT2D eigenvalue weighted by molar-refractivity contribution is 6.31. The first-order valence-corrected chi connectivity index (χ1v) is 7.13. The van der Waals surface area contributed by atoms with Gasteiger partial charge in [-0.2, -0.15) is 0 Å². The SMILES string of the molecule is CCCN(c1ccncc1)n1c(Cl)cc2ccccc21. The molecule has 0 atom stereocenters. The van der Waals surface area contributed by atoms with Crippen molar-refractivity contribution < 1.29 is 0 Å². The molecule has 0 spiro atoms. The summed E-state index contributed by atoms with van der Waals surface area (Å²) in [5.41, 5.74) is 2.20. The minimum absolute atomic E-state index is 0.719. The average molecular weight is 286 g/mol. The third-order valence-corrected chi connectivity index (χ3v) is 3.55. The number of para-hydroxylation sites is 1. The van der Waals surface area contributed by atoms with Crippen LogP contribution in [-0.2, 0) is 0 Å². The van der Waals surface area contributed by atoms with E-state index in [1.54, 1.807) is 12.4 Å². The van der Waals surface area contributed by atoms with Crippen LogP contribution in [0.1, 0.15) is 13.3 Å². The molecule has 0 radical (unpaired) electrons. The molecule has 3 aromatic rings. The Bertz CT molecular complexity index is 706. The third kappa shape index (κ3) is 2.25. The maximum Gasteiger partial charge on any atom is 0.129 e. The Hall–Kier alpha value is -2.00. The van der Waals surface area contributed by atoms with Gasteiger partial charge in [0.15, 0.2) is 0 Å². The van der Waals surface area contributed by atoms with Gasteiger partial charge in [-0.1, -0.05) is 36.7 Å². The van der Waals surface area contributed by atoms with E-state index in [1.807, 2.05) is 30.3 Å². The number of pyridine rings is 1. The first-order chi connectivity index (χ1) is 9.81. The molecule has 0 amide bonds. The normalized spacial score (nSPS) is 10.9. The van der Waals surface area contributed by atoms with E-state index in [0.29, 0.717) is 0 Å². The predicted molar refractivity (Wildman–Crippen MR) is 84.2 cm³/mol. The third-order valence-electron chi connectivity index (χ3n) is 3.28. The quantitative estimate of drug-likeness (QED) is 0.710. The molecule has 0 unspecified atom stereocenters. The first kappa shape index (κ1) is 13.0. The van der Waals surface area contributed by atoms with Gasteiger partial charge in [0.2, 0.25) is 0 Å². The highest BCUT2D eigenvalue weighted by Crippen LogP contribution is 2.27. The molecule has 3 nitrogen and oxygen atoms in total. The van der Waals surface area contributed by atoms with Crippen molar-refractivity contribution in [3.63, 3.8) is 0 Å². The van der Waals surface area contributed by atoms with E-state index in [1.165, 1.54) is 0 Å². The number of rotatable bonds is 4. The molecule has 0 fully saturated rings. The highest BCUT2D eigenvalue weighted by atomic mass is 35.5. The van der Waals surface area contributed by atoms with Gasteiger partial charge in [-0.15, -0.1) is 0 Å². The van der Waals surface area contributed by atoms with Gasteiger partial charge in [-0.25, -0.2) is 4.68 Å². The van der Waals surface area contributed by atoms with E-state index >= 15 is 0 Å². The van der Waals surface area contributed by atoms with Crippen molar-refractivity contribution >= 4 is 28.2 Å². The predicted octanol–water partition coefficient (Wildman–Crippen LogP) is 4.37. The Morgan fingerprint density at radius 1 is 1.15 bits per heavy atom. The number of halogens is 1. The molecule has 2 aromatic heterocycles. The zero-order valence-corrected chi connectivity index (χ0v) is 12.1. The summed E-state index contributed by atoms with van der Waals surface area (Å²) in [5.74, 6) is 0. The fourth-order valence-corrected chi connectivity index (χ4v) is 2.72. The summed E-state index contributed by atoms with van der Waals surface area (Å²) in [5, 5.41) is 4.05. The number of fused-ring (bicyclic) bond motifs is 1. The number of anilines is 1. The lowest BCUT2D eigenvalue weighted by Gasteiger charge is -2.27. The minimum atomic E-state index is 0.719. The van der Waals surface area contributed by atoms with Gasteiger partial charge in [-0.05, 0) is 30.7 Å². The Labute approximate surface area is 123 Å².